The lowest BCUT2D eigenvalue weighted by Crippen LogP contribution is -2.39. The Bertz CT molecular complexity index is 592. The summed E-state index contributed by atoms with van der Waals surface area (Å²) in [6.45, 7) is 1.79. The minimum atomic E-state index is -4.03. The Balaban J connectivity index is 2.22. The third kappa shape index (κ3) is 4.02. The van der Waals surface area contributed by atoms with Gasteiger partial charge in [0.2, 0.25) is 10.0 Å². The average molecular weight is 382 g/mol. The number of benzene rings is 1. The normalized spacial score (nSPS) is 18.7. The quantitative estimate of drug-likeness (QED) is 0.857. The van der Waals surface area contributed by atoms with Crippen LogP contribution in [0.15, 0.2) is 21.5 Å². The van der Waals surface area contributed by atoms with E-state index < -0.39 is 26.6 Å². The summed E-state index contributed by atoms with van der Waals surface area (Å²) in [5, 5.41) is 0. The summed E-state index contributed by atoms with van der Waals surface area (Å²) in [6, 6.07) is 1.25. The summed E-state index contributed by atoms with van der Waals surface area (Å²) < 4.78 is 54.0. The number of halogens is 3. The van der Waals surface area contributed by atoms with E-state index in [1.165, 1.54) is 6.42 Å². The van der Waals surface area contributed by atoms with E-state index >= 15 is 0 Å². The zero-order valence-electron chi connectivity index (χ0n) is 11.7. The van der Waals surface area contributed by atoms with Crippen LogP contribution in [0, 0.1) is 17.6 Å². The fourth-order valence-electron chi connectivity index (χ4n) is 2.82. The van der Waals surface area contributed by atoms with Crippen molar-refractivity contribution in [2.45, 2.75) is 50.0 Å². The predicted molar refractivity (Wildman–Crippen MR) is 80.4 cm³/mol. The molecule has 0 heterocycles. The van der Waals surface area contributed by atoms with E-state index in [0.717, 1.165) is 31.7 Å². The maximum absolute atomic E-state index is 13.8. The largest absolute Gasteiger partial charge is 0.244 e. The van der Waals surface area contributed by atoms with Crippen LogP contribution in [0.1, 0.15) is 39.0 Å². The van der Waals surface area contributed by atoms with Crippen molar-refractivity contribution in [1.29, 1.82) is 0 Å². The number of sulfonamides is 1. The highest BCUT2D eigenvalue weighted by Crippen LogP contribution is 2.29. The molecular weight excluding hydrogens is 364 g/mol. The highest BCUT2D eigenvalue weighted by molar-refractivity contribution is 9.10. The molecule has 118 valence electrons. The predicted octanol–water partition coefficient (Wildman–Crippen LogP) is 3.97. The van der Waals surface area contributed by atoms with Crippen LogP contribution in [0.5, 0.6) is 0 Å². The highest BCUT2D eigenvalue weighted by Gasteiger charge is 2.29. The molecule has 0 aliphatic heterocycles. The Morgan fingerprint density at radius 3 is 2.43 bits per heavy atom. The number of hydrogen-bond donors (Lipinski definition) is 1. The van der Waals surface area contributed by atoms with E-state index in [2.05, 4.69) is 20.7 Å². The highest BCUT2D eigenvalue weighted by atomic mass is 79.9. The second kappa shape index (κ2) is 6.71. The second-order valence-corrected chi connectivity index (χ2v) is 8.01. The molecule has 1 saturated carbocycles. The lowest BCUT2D eigenvalue weighted by molar-refractivity contribution is 0.303. The molecule has 0 radical (unpaired) electrons. The molecule has 3 nitrogen and oxygen atoms in total. The SMILES string of the molecule is CC(NS(=O)(=O)c1c(F)cc(F)cc1Br)C1CCCCC1. The Morgan fingerprint density at radius 1 is 1.24 bits per heavy atom. The molecule has 1 aromatic carbocycles. The molecule has 0 saturated heterocycles. The second-order valence-electron chi connectivity index (χ2n) is 5.51. The molecule has 0 spiro atoms. The number of nitrogens with one attached hydrogen (secondary N) is 1. The van der Waals surface area contributed by atoms with Gasteiger partial charge in [-0.25, -0.2) is 21.9 Å². The van der Waals surface area contributed by atoms with Crippen molar-refractivity contribution < 1.29 is 17.2 Å². The van der Waals surface area contributed by atoms with Crippen molar-refractivity contribution in [3.63, 3.8) is 0 Å². The molecule has 1 N–H and O–H groups in total. The van der Waals surface area contributed by atoms with E-state index in [-0.39, 0.29) is 16.4 Å². The Kier molecular flexibility index (Phi) is 5.38. The minimum Gasteiger partial charge on any atom is -0.208 e. The van der Waals surface area contributed by atoms with Crippen molar-refractivity contribution in [2.24, 2.45) is 5.92 Å². The molecule has 0 aromatic heterocycles. The van der Waals surface area contributed by atoms with Crippen LogP contribution in [0.25, 0.3) is 0 Å². The lowest BCUT2D eigenvalue weighted by atomic mass is 9.85. The summed E-state index contributed by atoms with van der Waals surface area (Å²) in [7, 11) is -4.03. The summed E-state index contributed by atoms with van der Waals surface area (Å²) >= 11 is 2.92. The molecule has 1 aliphatic carbocycles. The van der Waals surface area contributed by atoms with E-state index in [9.17, 15) is 17.2 Å². The van der Waals surface area contributed by atoms with Crippen LogP contribution >= 0.6 is 15.9 Å². The topological polar surface area (TPSA) is 46.2 Å². The fraction of sp³-hybridized carbons (Fsp3) is 0.571. The summed E-state index contributed by atoms with van der Waals surface area (Å²) in [5.74, 6) is -1.65. The smallest absolute Gasteiger partial charge is 0.208 e. The summed E-state index contributed by atoms with van der Waals surface area (Å²) in [6.07, 6.45) is 5.29. The summed E-state index contributed by atoms with van der Waals surface area (Å²) in [4.78, 5) is -0.536. The third-order valence-corrected chi connectivity index (χ3v) is 6.45. The molecule has 2 rings (SSSR count). The van der Waals surface area contributed by atoms with E-state index in [0.29, 0.717) is 6.07 Å². The van der Waals surface area contributed by atoms with Gasteiger partial charge < -0.3 is 0 Å². The average Bonchev–Trinajstić information content (AvgIpc) is 2.37. The fourth-order valence-corrected chi connectivity index (χ4v) is 5.30. The van der Waals surface area contributed by atoms with Crippen LogP contribution in [-0.4, -0.2) is 14.5 Å². The molecule has 1 unspecified atom stereocenters. The molecule has 0 amide bonds. The maximum Gasteiger partial charge on any atom is 0.244 e. The van der Waals surface area contributed by atoms with Crippen LogP contribution in [0.4, 0.5) is 8.78 Å². The Labute approximate surface area is 132 Å². The third-order valence-electron chi connectivity index (χ3n) is 3.93. The molecule has 1 atom stereocenters. The standard InChI is InChI=1S/C14H18BrF2NO2S/c1-9(10-5-3-2-4-6-10)18-21(19,20)14-12(15)7-11(16)8-13(14)17/h7-10,18H,2-6H2,1H3. The van der Waals surface area contributed by atoms with E-state index in [1.54, 1.807) is 6.92 Å². The molecule has 21 heavy (non-hydrogen) atoms. The first kappa shape index (κ1) is 16.8. The Morgan fingerprint density at radius 2 is 1.86 bits per heavy atom. The van der Waals surface area contributed by atoms with E-state index in [4.69, 9.17) is 0 Å². The van der Waals surface area contributed by atoms with Crippen molar-refractivity contribution in [3.8, 4) is 0 Å². The first-order chi connectivity index (χ1) is 9.81. The van der Waals surface area contributed by atoms with Gasteiger partial charge in [0, 0.05) is 16.6 Å². The Hall–Kier alpha value is -0.530. The monoisotopic (exact) mass is 381 g/mol. The molecule has 0 bridgehead atoms. The number of hydrogen-bond acceptors (Lipinski definition) is 2. The summed E-state index contributed by atoms with van der Waals surface area (Å²) in [5.41, 5.74) is 0. The molecule has 1 aromatic rings. The van der Waals surface area contributed by atoms with Gasteiger partial charge in [0.25, 0.3) is 0 Å². The lowest BCUT2D eigenvalue weighted by Gasteiger charge is -2.28. The molecular formula is C14H18BrF2NO2S. The first-order valence-electron chi connectivity index (χ1n) is 6.98. The van der Waals surface area contributed by atoms with Crippen molar-refractivity contribution >= 4 is 26.0 Å². The maximum atomic E-state index is 13.8. The van der Waals surface area contributed by atoms with Crippen LogP contribution in [0.3, 0.4) is 0 Å². The van der Waals surface area contributed by atoms with Gasteiger partial charge in [-0.3, -0.25) is 0 Å². The molecule has 7 heteroatoms. The van der Waals surface area contributed by atoms with Gasteiger partial charge in [-0.05, 0) is 47.7 Å². The van der Waals surface area contributed by atoms with Gasteiger partial charge in [-0.15, -0.1) is 0 Å². The van der Waals surface area contributed by atoms with Crippen LogP contribution in [0.2, 0.25) is 0 Å². The zero-order chi connectivity index (χ0) is 15.6. The van der Waals surface area contributed by atoms with Crippen molar-refractivity contribution in [3.05, 3.63) is 28.2 Å². The molecule has 1 fully saturated rings. The van der Waals surface area contributed by atoms with Crippen molar-refractivity contribution in [2.75, 3.05) is 0 Å². The van der Waals surface area contributed by atoms with Gasteiger partial charge in [0.15, 0.2) is 0 Å². The number of rotatable bonds is 4. The van der Waals surface area contributed by atoms with Crippen LogP contribution < -0.4 is 4.72 Å². The van der Waals surface area contributed by atoms with Crippen LogP contribution in [-0.2, 0) is 10.0 Å². The first-order valence-corrected chi connectivity index (χ1v) is 9.26. The minimum absolute atomic E-state index is 0.108. The van der Waals surface area contributed by atoms with Gasteiger partial charge in [0.05, 0.1) is 0 Å². The van der Waals surface area contributed by atoms with Gasteiger partial charge >= 0.3 is 0 Å². The van der Waals surface area contributed by atoms with E-state index in [1.807, 2.05) is 0 Å². The van der Waals surface area contributed by atoms with Gasteiger partial charge in [-0.2, -0.15) is 0 Å². The zero-order valence-corrected chi connectivity index (χ0v) is 14.1. The molecule has 1 aliphatic rings. The van der Waals surface area contributed by atoms with Gasteiger partial charge in [0.1, 0.15) is 16.5 Å². The van der Waals surface area contributed by atoms with Gasteiger partial charge in [-0.1, -0.05) is 19.3 Å². The van der Waals surface area contributed by atoms with Crippen molar-refractivity contribution in [1.82, 2.24) is 4.72 Å².